The monoisotopic (exact) mass is 1100 g/mol. The van der Waals surface area contributed by atoms with Gasteiger partial charge in [-0.15, -0.1) is 48.1 Å². The Morgan fingerprint density at radius 2 is 1.13 bits per heavy atom. The van der Waals surface area contributed by atoms with Gasteiger partial charge in [-0.3, -0.25) is 0 Å². The number of aromatic nitrogens is 2. The van der Waals surface area contributed by atoms with Crippen LogP contribution in [0.2, 0.25) is 0 Å². The first kappa shape index (κ1) is 44.1. The van der Waals surface area contributed by atoms with Crippen LogP contribution in [0.4, 0.5) is 22.7 Å². The number of pyridine rings is 1. The van der Waals surface area contributed by atoms with E-state index in [2.05, 4.69) is 236 Å². The smallest absolute Gasteiger partial charge is 0.135 e. The van der Waals surface area contributed by atoms with Gasteiger partial charge in [-0.2, -0.15) is 12.1 Å². The van der Waals surface area contributed by atoms with Crippen molar-refractivity contribution < 1.29 is 30.5 Å². The number of anilines is 4. The minimum absolute atomic E-state index is 0. The van der Waals surface area contributed by atoms with Gasteiger partial charge in [-0.25, -0.2) is 4.98 Å². The minimum atomic E-state index is -0.217. The molecule has 0 radical (unpaired) electrons. The molecule has 11 aromatic rings. The Balaban J connectivity index is 0.00000517. The zero-order valence-electron chi connectivity index (χ0n) is 39.2. The minimum Gasteiger partial charge on any atom is -0.509 e. The molecule has 0 saturated carbocycles. The largest absolute Gasteiger partial charge is 0.509 e. The normalized spacial score (nSPS) is 12.7. The van der Waals surface area contributed by atoms with Crippen molar-refractivity contribution in [2.75, 3.05) is 9.80 Å². The molecular weight excluding hydrogens is 1050 g/mol. The molecule has 0 unspecified atom stereocenters. The molecular formula is C64H45N4O2Pt-3. The van der Waals surface area contributed by atoms with E-state index in [1.165, 1.54) is 5.56 Å². The maximum Gasteiger partial charge on any atom is 0.135 e. The van der Waals surface area contributed by atoms with E-state index in [0.29, 0.717) is 11.5 Å². The molecule has 6 nitrogen and oxygen atoms in total. The van der Waals surface area contributed by atoms with Crippen LogP contribution in [0.1, 0.15) is 26.3 Å². The second kappa shape index (κ2) is 17.7. The van der Waals surface area contributed by atoms with E-state index in [1.54, 1.807) is 0 Å². The first-order chi connectivity index (χ1) is 34.3. The molecule has 7 heteroatoms. The van der Waals surface area contributed by atoms with Gasteiger partial charge in [0.05, 0.1) is 0 Å². The van der Waals surface area contributed by atoms with Gasteiger partial charge >= 0.3 is 0 Å². The second-order valence-electron chi connectivity index (χ2n) is 18.9. The third-order valence-corrected chi connectivity index (χ3v) is 13.5. The number of nitrogens with zero attached hydrogens (tertiary/aromatic N) is 4. The van der Waals surface area contributed by atoms with E-state index in [4.69, 9.17) is 14.5 Å². The van der Waals surface area contributed by atoms with E-state index in [-0.39, 0.29) is 26.5 Å². The molecule has 7 heterocycles. The number of hydrogen-bond donors (Lipinski definition) is 0. The molecule has 5 aliphatic heterocycles. The van der Waals surface area contributed by atoms with E-state index in [0.717, 1.165) is 106 Å². The van der Waals surface area contributed by atoms with Gasteiger partial charge in [0.2, 0.25) is 0 Å². The van der Waals surface area contributed by atoms with Crippen LogP contribution in [0.5, 0.6) is 23.0 Å². The number of hydrogen-bond acceptors (Lipinski definition) is 5. The predicted molar refractivity (Wildman–Crippen MR) is 285 cm³/mol. The van der Waals surface area contributed by atoms with Gasteiger partial charge in [0, 0.05) is 78.0 Å². The third kappa shape index (κ3) is 7.85. The molecule has 5 aliphatic rings. The molecule has 71 heavy (non-hydrogen) atoms. The molecule has 0 spiro atoms. The van der Waals surface area contributed by atoms with E-state index in [1.807, 2.05) is 30.5 Å². The van der Waals surface area contributed by atoms with Crippen molar-refractivity contribution in [3.63, 3.8) is 0 Å². The number of rotatable bonds is 2. The van der Waals surface area contributed by atoms with Gasteiger partial charge in [0.1, 0.15) is 17.3 Å². The van der Waals surface area contributed by atoms with Crippen LogP contribution in [-0.2, 0) is 26.5 Å². The summed E-state index contributed by atoms with van der Waals surface area (Å²) in [6, 6.07) is 79.4. The van der Waals surface area contributed by atoms with Gasteiger partial charge in [-0.05, 0) is 92.7 Å². The summed E-state index contributed by atoms with van der Waals surface area (Å²) < 4.78 is 15.7. The summed E-state index contributed by atoms with van der Waals surface area (Å²) in [6.45, 7) is 8.94. The number of ether oxygens (including phenoxy) is 2. The van der Waals surface area contributed by atoms with Crippen molar-refractivity contribution in [2.24, 2.45) is 0 Å². The Bertz CT molecular complexity index is 3810. The Hall–Kier alpha value is -8.18. The van der Waals surface area contributed by atoms with Crippen LogP contribution in [-0.4, -0.2) is 9.55 Å². The maximum atomic E-state index is 6.78. The Kier molecular flexibility index (Phi) is 11.0. The van der Waals surface area contributed by atoms with E-state index >= 15 is 0 Å². The second-order valence-corrected chi connectivity index (χ2v) is 18.9. The first-order valence-electron chi connectivity index (χ1n) is 23.7. The van der Waals surface area contributed by atoms with Crippen molar-refractivity contribution in [3.8, 4) is 73.3 Å². The molecule has 0 amide bonds. The summed E-state index contributed by atoms with van der Waals surface area (Å²) in [5.41, 5.74) is 15.5. The molecule has 346 valence electrons. The van der Waals surface area contributed by atoms with Crippen LogP contribution in [0.3, 0.4) is 0 Å². The molecule has 0 saturated heterocycles. The number of para-hydroxylation sites is 3. The molecule has 16 rings (SSSR count). The Morgan fingerprint density at radius 1 is 0.479 bits per heavy atom. The standard InChI is InChI=1S/C64H45N4O2.Pt/c1-64(2,3)57-39-62-65-40-56(57)44-27-30-48(31-28-44)69-49-21-12-19-46(35-49)53-24-14-23-52(43-17-8-5-9-18-43)63(53)67-41-66(59-25-10-11-26-60(59)67)47-20-13-22-50(37-47)70-51-32-33-54-55-36-45(42-15-6-4-7-16-42)29-34-58(55)68(62)61(54)38-51;/h4-36,39-41H,1-3H3;/q-3;. The summed E-state index contributed by atoms with van der Waals surface area (Å²) in [6.07, 6.45) is 2.02. The zero-order valence-corrected chi connectivity index (χ0v) is 41.5. The van der Waals surface area contributed by atoms with Gasteiger partial charge in [-0.1, -0.05) is 154 Å². The average Bonchev–Trinajstić information content (AvgIpc) is 3.94. The first-order valence-corrected chi connectivity index (χ1v) is 23.7. The molecule has 12 bridgehead atoms. The van der Waals surface area contributed by atoms with Crippen molar-refractivity contribution in [3.05, 3.63) is 237 Å². The van der Waals surface area contributed by atoms with Crippen LogP contribution in [0.15, 0.2) is 212 Å². The maximum absolute atomic E-state index is 6.78. The number of fused-ring (bicyclic) bond motifs is 3. The fraction of sp³-hybridized carbons (Fsp3) is 0.0625. The molecule has 0 atom stereocenters. The molecule has 0 fully saturated rings. The van der Waals surface area contributed by atoms with E-state index < -0.39 is 0 Å². The quantitative estimate of drug-likeness (QED) is 0.161. The molecule has 2 aromatic heterocycles. The van der Waals surface area contributed by atoms with Crippen LogP contribution in [0, 0.1) is 18.8 Å². The summed E-state index contributed by atoms with van der Waals surface area (Å²) >= 11 is 0. The van der Waals surface area contributed by atoms with Gasteiger partial charge in [0.25, 0.3) is 0 Å². The third-order valence-electron chi connectivity index (χ3n) is 13.5. The summed E-state index contributed by atoms with van der Waals surface area (Å²) in [5, 5.41) is 2.16. The topological polar surface area (TPSA) is 42.8 Å². The SMILES string of the molecule is CC(C)(C)c1cc2ncc1-c1ccc(cc1)Oc1cccc(c1)-c1cccc(-c3ccccc3)c1N1[CH-]N(c3[c-]c(ccc3)Oc3[c-]c4c(cc3)c3cc(-c5ccccc5)ccc3n4-2)c2ccccc21.[Pt]. The summed E-state index contributed by atoms with van der Waals surface area (Å²) in [4.78, 5) is 9.74. The van der Waals surface area contributed by atoms with Crippen LogP contribution >= 0.6 is 0 Å². The van der Waals surface area contributed by atoms with Crippen molar-refractivity contribution in [1.82, 2.24) is 9.55 Å². The van der Waals surface area contributed by atoms with Gasteiger partial charge in [0.15, 0.2) is 0 Å². The number of benzene rings is 9. The molecule has 0 N–H and O–H groups in total. The predicted octanol–water partition coefficient (Wildman–Crippen LogP) is 17.0. The van der Waals surface area contributed by atoms with Crippen molar-refractivity contribution in [2.45, 2.75) is 26.2 Å². The molecule has 9 aromatic carbocycles. The fourth-order valence-corrected chi connectivity index (χ4v) is 10.1. The zero-order chi connectivity index (χ0) is 46.9. The van der Waals surface area contributed by atoms with Crippen molar-refractivity contribution >= 4 is 44.6 Å². The molecule has 0 aliphatic carbocycles. The van der Waals surface area contributed by atoms with Gasteiger partial charge < -0.3 is 23.8 Å². The fourth-order valence-electron chi connectivity index (χ4n) is 10.1. The van der Waals surface area contributed by atoms with Crippen LogP contribution in [0.25, 0.3) is 72.1 Å². The Labute approximate surface area is 428 Å². The Morgan fingerprint density at radius 3 is 1.90 bits per heavy atom. The van der Waals surface area contributed by atoms with Crippen LogP contribution < -0.4 is 19.3 Å². The average molecular weight is 1100 g/mol. The van der Waals surface area contributed by atoms with Crippen molar-refractivity contribution in [1.29, 1.82) is 0 Å². The summed E-state index contributed by atoms with van der Waals surface area (Å²) in [5.74, 6) is 3.44. The van der Waals surface area contributed by atoms with E-state index in [9.17, 15) is 0 Å². The summed E-state index contributed by atoms with van der Waals surface area (Å²) in [7, 11) is 0.